The third-order valence-corrected chi connectivity index (χ3v) is 2.64. The molecule has 0 bridgehead atoms. The molecule has 0 nitrogen and oxygen atoms in total. The molecular weight excluding hydrogens is 168 g/mol. The Kier molecular flexibility index (Phi) is 3.39. The molecule has 2 aliphatic carbocycles. The highest BCUT2D eigenvalue weighted by atomic mass is 14.1. The second-order valence-electron chi connectivity index (χ2n) is 3.79. The Bertz CT molecular complexity index is 268. The van der Waals surface area contributed by atoms with Crippen LogP contribution < -0.4 is 0 Å². The van der Waals surface area contributed by atoms with Crippen molar-refractivity contribution in [2.75, 3.05) is 0 Å². The van der Waals surface area contributed by atoms with E-state index in [1.807, 2.05) is 0 Å². The molecule has 72 valence electrons. The summed E-state index contributed by atoms with van der Waals surface area (Å²) in [5.41, 5.74) is 2.96. The Morgan fingerprint density at radius 3 is 1.57 bits per heavy atom. The average molecular weight is 184 g/mol. The van der Waals surface area contributed by atoms with E-state index in [1.54, 1.807) is 0 Å². The van der Waals surface area contributed by atoms with Crippen LogP contribution in [0.4, 0.5) is 0 Å². The third kappa shape index (κ3) is 2.73. The molecule has 0 fully saturated rings. The Balaban J connectivity index is 1.59. The van der Waals surface area contributed by atoms with Gasteiger partial charge in [0.25, 0.3) is 0 Å². The molecule has 0 amide bonds. The molecule has 14 heavy (non-hydrogen) atoms. The van der Waals surface area contributed by atoms with Gasteiger partial charge in [0.15, 0.2) is 0 Å². The molecule has 0 aromatic carbocycles. The molecule has 0 aromatic rings. The predicted molar refractivity (Wildman–Crippen MR) is 61.5 cm³/mol. The molecule has 2 radical (unpaired) electrons. The van der Waals surface area contributed by atoms with Gasteiger partial charge in [-0.25, -0.2) is 0 Å². The molecule has 0 atom stereocenters. The highest BCUT2D eigenvalue weighted by Crippen LogP contribution is 2.19. The van der Waals surface area contributed by atoms with Crippen molar-refractivity contribution < 1.29 is 0 Å². The van der Waals surface area contributed by atoms with Gasteiger partial charge in [-0.1, -0.05) is 47.6 Å². The van der Waals surface area contributed by atoms with Crippen LogP contribution in [-0.4, -0.2) is 0 Å². The first-order valence-electron chi connectivity index (χ1n) is 5.36. The largest absolute Gasteiger partial charge is 0.0764 e. The first-order chi connectivity index (χ1) is 6.95. The summed E-state index contributed by atoms with van der Waals surface area (Å²) in [6.07, 6.45) is 22.4. The van der Waals surface area contributed by atoms with E-state index in [0.717, 1.165) is 0 Å². The zero-order valence-corrected chi connectivity index (χ0v) is 8.45. The minimum atomic E-state index is 1.23. The molecule has 0 heteroatoms. The topological polar surface area (TPSA) is 0 Å². The van der Waals surface area contributed by atoms with Crippen LogP contribution >= 0.6 is 0 Å². The number of hydrogen-bond acceptors (Lipinski definition) is 0. The van der Waals surface area contributed by atoms with Gasteiger partial charge in [0, 0.05) is 12.8 Å². The second kappa shape index (κ2) is 4.99. The number of unbranched alkanes of at least 4 members (excludes halogenated alkanes) is 1. The van der Waals surface area contributed by atoms with Gasteiger partial charge in [-0.2, -0.15) is 0 Å². The highest BCUT2D eigenvalue weighted by molar-refractivity contribution is 5.34. The van der Waals surface area contributed by atoms with Crippen molar-refractivity contribution in [2.24, 2.45) is 0 Å². The Hall–Kier alpha value is -1.04. The highest BCUT2D eigenvalue weighted by Gasteiger charge is 2.00. The second-order valence-corrected chi connectivity index (χ2v) is 3.79. The monoisotopic (exact) mass is 184 g/mol. The van der Waals surface area contributed by atoms with Crippen LogP contribution in [0.1, 0.15) is 25.7 Å². The molecule has 0 aromatic heterocycles. The van der Waals surface area contributed by atoms with Crippen molar-refractivity contribution in [3.05, 3.63) is 60.4 Å². The maximum Gasteiger partial charge on any atom is 0.00535 e. The Morgan fingerprint density at radius 1 is 0.714 bits per heavy atom. The van der Waals surface area contributed by atoms with Gasteiger partial charge >= 0.3 is 0 Å². The van der Waals surface area contributed by atoms with E-state index in [2.05, 4.69) is 49.3 Å². The molecule has 0 saturated heterocycles. The summed E-state index contributed by atoms with van der Waals surface area (Å²) >= 11 is 0. The fraction of sp³-hybridized carbons (Fsp3) is 0.286. The molecule has 0 heterocycles. The summed E-state index contributed by atoms with van der Waals surface area (Å²) in [5, 5.41) is 0. The van der Waals surface area contributed by atoms with Gasteiger partial charge in [-0.15, -0.1) is 0 Å². The summed E-state index contributed by atoms with van der Waals surface area (Å²) in [7, 11) is 0. The average Bonchev–Trinajstić information content (AvgIpc) is 2.86. The quantitative estimate of drug-likeness (QED) is 0.567. The van der Waals surface area contributed by atoms with Crippen molar-refractivity contribution in [3.8, 4) is 0 Å². The molecule has 0 N–H and O–H groups in total. The first-order valence-corrected chi connectivity index (χ1v) is 5.36. The number of allylic oxidation sites excluding steroid dienone is 8. The summed E-state index contributed by atoms with van der Waals surface area (Å²) in [4.78, 5) is 0. The van der Waals surface area contributed by atoms with E-state index in [9.17, 15) is 0 Å². The third-order valence-electron chi connectivity index (χ3n) is 2.64. The van der Waals surface area contributed by atoms with E-state index in [-0.39, 0.29) is 0 Å². The fourth-order valence-electron chi connectivity index (χ4n) is 1.82. The van der Waals surface area contributed by atoms with E-state index in [4.69, 9.17) is 0 Å². The Labute approximate surface area is 86.7 Å². The SMILES string of the molecule is [CH]1C=CC(CCCCC2=C[CH]C=C2)=C1. The van der Waals surface area contributed by atoms with E-state index < -0.39 is 0 Å². The molecule has 0 unspecified atom stereocenters. The molecule has 0 aliphatic heterocycles. The minimum absolute atomic E-state index is 1.23. The van der Waals surface area contributed by atoms with Crippen LogP contribution in [0.25, 0.3) is 0 Å². The van der Waals surface area contributed by atoms with Gasteiger partial charge < -0.3 is 0 Å². The normalized spacial score (nSPS) is 18.9. The maximum absolute atomic E-state index is 2.21. The van der Waals surface area contributed by atoms with E-state index in [1.165, 1.54) is 36.8 Å². The zero-order valence-electron chi connectivity index (χ0n) is 8.45. The van der Waals surface area contributed by atoms with Crippen molar-refractivity contribution in [2.45, 2.75) is 25.7 Å². The van der Waals surface area contributed by atoms with Crippen LogP contribution in [0, 0.1) is 12.8 Å². The van der Waals surface area contributed by atoms with Crippen LogP contribution in [0.2, 0.25) is 0 Å². The van der Waals surface area contributed by atoms with Gasteiger partial charge in [0.1, 0.15) is 0 Å². The summed E-state index contributed by atoms with van der Waals surface area (Å²) in [5.74, 6) is 0. The lowest BCUT2D eigenvalue weighted by atomic mass is 10.1. The lowest BCUT2D eigenvalue weighted by Crippen LogP contribution is -1.81. The standard InChI is InChI=1S/C14H16/c1-2-8-13(7-1)11-5-6-12-14-9-3-4-10-14/h1-4,7-10H,5-6,11-12H2. The lowest BCUT2D eigenvalue weighted by molar-refractivity contribution is 0.740. The van der Waals surface area contributed by atoms with Crippen molar-refractivity contribution >= 4 is 0 Å². The van der Waals surface area contributed by atoms with Gasteiger partial charge in [-0.3, -0.25) is 0 Å². The molecule has 2 rings (SSSR count). The number of rotatable bonds is 5. The van der Waals surface area contributed by atoms with E-state index in [0.29, 0.717) is 0 Å². The van der Waals surface area contributed by atoms with Gasteiger partial charge in [0.2, 0.25) is 0 Å². The van der Waals surface area contributed by atoms with Crippen LogP contribution in [0.15, 0.2) is 47.6 Å². The maximum atomic E-state index is 2.21. The van der Waals surface area contributed by atoms with Crippen LogP contribution in [0.3, 0.4) is 0 Å². The lowest BCUT2D eigenvalue weighted by Gasteiger charge is -2.00. The summed E-state index contributed by atoms with van der Waals surface area (Å²) in [6, 6.07) is 0. The van der Waals surface area contributed by atoms with Gasteiger partial charge in [0.05, 0.1) is 0 Å². The van der Waals surface area contributed by atoms with E-state index >= 15 is 0 Å². The smallest absolute Gasteiger partial charge is 0.00535 e. The minimum Gasteiger partial charge on any atom is -0.0764 e. The summed E-state index contributed by atoms with van der Waals surface area (Å²) < 4.78 is 0. The van der Waals surface area contributed by atoms with Crippen molar-refractivity contribution in [1.82, 2.24) is 0 Å². The summed E-state index contributed by atoms with van der Waals surface area (Å²) in [6.45, 7) is 0. The number of hydrogen-bond donors (Lipinski definition) is 0. The fourth-order valence-corrected chi connectivity index (χ4v) is 1.82. The predicted octanol–water partition coefficient (Wildman–Crippen LogP) is 3.95. The zero-order chi connectivity index (χ0) is 9.64. The van der Waals surface area contributed by atoms with Crippen molar-refractivity contribution in [3.63, 3.8) is 0 Å². The molecule has 0 spiro atoms. The molecule has 0 saturated carbocycles. The van der Waals surface area contributed by atoms with Crippen molar-refractivity contribution in [1.29, 1.82) is 0 Å². The van der Waals surface area contributed by atoms with Gasteiger partial charge in [-0.05, 0) is 25.7 Å². The van der Waals surface area contributed by atoms with Crippen LogP contribution in [0.5, 0.6) is 0 Å². The molecule has 2 aliphatic rings. The first kappa shape index (κ1) is 9.51. The Morgan fingerprint density at radius 2 is 1.21 bits per heavy atom. The molecular formula is C14H16. The van der Waals surface area contributed by atoms with Crippen LogP contribution in [-0.2, 0) is 0 Å².